The number of methoxy groups -OCH3 is 3. The molecule has 1 aromatic rings. The molecule has 2 amide bonds. The van der Waals surface area contributed by atoms with Gasteiger partial charge in [0.25, 0.3) is 0 Å². The highest BCUT2D eigenvalue weighted by molar-refractivity contribution is 5.78. The summed E-state index contributed by atoms with van der Waals surface area (Å²) in [6, 6.07) is 4.63. The van der Waals surface area contributed by atoms with E-state index in [4.69, 9.17) is 14.2 Å². The van der Waals surface area contributed by atoms with Crippen LogP contribution in [0.3, 0.4) is 0 Å². The first kappa shape index (κ1) is 23.0. The maximum Gasteiger partial charge on any atom is 0.318 e. The molecular formula is C24H37N3O5. The first-order valence-corrected chi connectivity index (χ1v) is 11.8. The zero-order chi connectivity index (χ0) is 22.8. The highest BCUT2D eigenvalue weighted by Gasteiger charge is 2.44. The number of fused-ring (bicyclic) bond motifs is 1. The number of urea groups is 1. The van der Waals surface area contributed by atoms with Gasteiger partial charge in [0.1, 0.15) is 0 Å². The second-order valence-electron chi connectivity index (χ2n) is 9.23. The predicted octanol–water partition coefficient (Wildman–Crippen LogP) is 2.94. The Morgan fingerprint density at radius 2 is 1.62 bits per heavy atom. The molecule has 1 saturated carbocycles. The lowest BCUT2D eigenvalue weighted by Gasteiger charge is -2.42. The summed E-state index contributed by atoms with van der Waals surface area (Å²) in [6.07, 6.45) is 5.81. The predicted molar refractivity (Wildman–Crippen MR) is 122 cm³/mol. The van der Waals surface area contributed by atoms with E-state index >= 15 is 0 Å². The first-order valence-electron chi connectivity index (χ1n) is 11.8. The number of aliphatic hydroxyl groups excluding tert-OH is 1. The molecule has 4 unspecified atom stereocenters. The number of carbonyl (C=O) groups excluding carboxylic acids is 1. The summed E-state index contributed by atoms with van der Waals surface area (Å²) in [5.41, 5.74) is 0.734. The molecule has 0 radical (unpaired) electrons. The van der Waals surface area contributed by atoms with Crippen LogP contribution in [0.2, 0.25) is 0 Å². The molecular weight excluding hydrogens is 410 g/mol. The van der Waals surface area contributed by atoms with Crippen LogP contribution in [0.25, 0.3) is 0 Å². The van der Waals surface area contributed by atoms with Gasteiger partial charge in [0.05, 0.1) is 39.5 Å². The third-order valence-electron chi connectivity index (χ3n) is 7.58. The summed E-state index contributed by atoms with van der Waals surface area (Å²) < 4.78 is 16.3. The number of likely N-dealkylation sites (tertiary alicyclic amines) is 1. The third kappa shape index (κ3) is 4.22. The number of benzene rings is 1. The van der Waals surface area contributed by atoms with Crippen LogP contribution >= 0.6 is 0 Å². The van der Waals surface area contributed by atoms with Crippen LogP contribution in [-0.4, -0.2) is 79.5 Å². The monoisotopic (exact) mass is 447 g/mol. The lowest BCUT2D eigenvalue weighted by molar-refractivity contribution is 0.0261. The van der Waals surface area contributed by atoms with Crippen molar-refractivity contribution in [2.24, 2.45) is 0 Å². The number of ether oxygens (including phenoxy) is 3. The minimum absolute atomic E-state index is 0.0754. The minimum atomic E-state index is -0.696. The maximum atomic E-state index is 12.6. The molecule has 0 bridgehead atoms. The second-order valence-corrected chi connectivity index (χ2v) is 9.23. The molecule has 8 nitrogen and oxygen atoms in total. The molecule has 0 aromatic heterocycles. The first-order chi connectivity index (χ1) is 15.5. The Bertz CT molecular complexity index is 786. The fourth-order valence-corrected chi connectivity index (χ4v) is 5.75. The highest BCUT2D eigenvalue weighted by atomic mass is 16.5. The third-order valence-corrected chi connectivity index (χ3v) is 7.58. The average molecular weight is 448 g/mol. The van der Waals surface area contributed by atoms with Crippen LogP contribution in [0.4, 0.5) is 4.79 Å². The van der Waals surface area contributed by atoms with Gasteiger partial charge in [0.15, 0.2) is 11.5 Å². The molecule has 2 N–H and O–H groups in total. The van der Waals surface area contributed by atoms with E-state index in [1.54, 1.807) is 21.3 Å². The number of carbonyl (C=O) groups is 1. The molecule has 1 aliphatic carbocycles. The van der Waals surface area contributed by atoms with Crippen molar-refractivity contribution in [3.05, 3.63) is 17.7 Å². The number of rotatable bonds is 7. The van der Waals surface area contributed by atoms with Crippen molar-refractivity contribution in [1.29, 1.82) is 0 Å². The molecule has 4 atom stereocenters. The van der Waals surface area contributed by atoms with E-state index in [1.165, 1.54) is 12.8 Å². The number of nitrogens with one attached hydrogen (secondary N) is 1. The van der Waals surface area contributed by atoms with E-state index in [1.807, 2.05) is 19.1 Å². The second kappa shape index (κ2) is 9.75. The van der Waals surface area contributed by atoms with Gasteiger partial charge in [0, 0.05) is 25.2 Å². The van der Waals surface area contributed by atoms with Crippen LogP contribution in [0.15, 0.2) is 12.1 Å². The summed E-state index contributed by atoms with van der Waals surface area (Å²) in [5, 5.41) is 14.4. The molecule has 1 aromatic carbocycles. The SMILES string of the molecule is COc1cc(C(O)C(C)N2CCC(N3C(=O)NC4CCCCC43)CC2)cc(OC)c1OC. The normalized spacial score (nSPS) is 26.3. The van der Waals surface area contributed by atoms with Crippen LogP contribution < -0.4 is 19.5 Å². The fraction of sp³-hybridized carbons (Fsp3) is 0.708. The molecule has 2 aliphatic heterocycles. The fourth-order valence-electron chi connectivity index (χ4n) is 5.75. The summed E-state index contributed by atoms with van der Waals surface area (Å²) in [7, 11) is 4.72. The highest BCUT2D eigenvalue weighted by Crippen LogP contribution is 2.41. The lowest BCUT2D eigenvalue weighted by Crippen LogP contribution is -2.52. The van der Waals surface area contributed by atoms with Crippen LogP contribution in [0, 0.1) is 0 Å². The van der Waals surface area contributed by atoms with Crippen molar-refractivity contribution in [2.75, 3.05) is 34.4 Å². The summed E-state index contributed by atoms with van der Waals surface area (Å²) in [6.45, 7) is 3.76. The lowest BCUT2D eigenvalue weighted by atomic mass is 9.89. The topological polar surface area (TPSA) is 83.5 Å². The molecule has 3 aliphatic rings. The molecule has 32 heavy (non-hydrogen) atoms. The van der Waals surface area contributed by atoms with Crippen LogP contribution in [-0.2, 0) is 0 Å². The van der Waals surface area contributed by atoms with Crippen molar-refractivity contribution in [3.8, 4) is 17.2 Å². The zero-order valence-electron chi connectivity index (χ0n) is 19.7. The number of aliphatic hydroxyl groups is 1. The Kier molecular flexibility index (Phi) is 7.00. The average Bonchev–Trinajstić information content (AvgIpc) is 3.17. The van der Waals surface area contributed by atoms with Crippen LogP contribution in [0.1, 0.15) is 57.1 Å². The van der Waals surface area contributed by atoms with Gasteiger partial charge in [-0.25, -0.2) is 4.79 Å². The van der Waals surface area contributed by atoms with E-state index in [0.717, 1.165) is 44.3 Å². The minimum Gasteiger partial charge on any atom is -0.493 e. The quantitative estimate of drug-likeness (QED) is 0.669. The van der Waals surface area contributed by atoms with E-state index < -0.39 is 6.10 Å². The molecule has 4 rings (SSSR count). The van der Waals surface area contributed by atoms with Crippen molar-refractivity contribution >= 4 is 6.03 Å². The maximum absolute atomic E-state index is 12.6. The van der Waals surface area contributed by atoms with Gasteiger partial charge >= 0.3 is 6.03 Å². The Morgan fingerprint density at radius 1 is 1.00 bits per heavy atom. The smallest absolute Gasteiger partial charge is 0.318 e. The summed E-state index contributed by atoms with van der Waals surface area (Å²) in [4.78, 5) is 17.1. The van der Waals surface area contributed by atoms with Gasteiger partial charge in [-0.1, -0.05) is 12.8 Å². The number of amides is 2. The van der Waals surface area contributed by atoms with Gasteiger partial charge in [-0.3, -0.25) is 4.90 Å². The molecule has 2 heterocycles. The van der Waals surface area contributed by atoms with Gasteiger partial charge in [-0.15, -0.1) is 0 Å². The van der Waals surface area contributed by atoms with Crippen molar-refractivity contribution in [2.45, 2.75) is 75.7 Å². The number of piperidine rings is 1. The van der Waals surface area contributed by atoms with Crippen molar-refractivity contribution in [3.63, 3.8) is 0 Å². The molecule has 2 saturated heterocycles. The zero-order valence-corrected chi connectivity index (χ0v) is 19.7. The Labute approximate surface area is 190 Å². The summed E-state index contributed by atoms with van der Waals surface area (Å²) in [5.74, 6) is 1.59. The summed E-state index contributed by atoms with van der Waals surface area (Å²) >= 11 is 0. The molecule has 8 heteroatoms. The van der Waals surface area contributed by atoms with Crippen molar-refractivity contribution in [1.82, 2.24) is 15.1 Å². The standard InChI is InChI=1S/C24H37N3O5/c1-15(22(28)16-13-20(30-2)23(32-4)21(14-16)31-3)26-11-9-17(10-12-26)27-19-8-6-5-7-18(19)25-24(27)29/h13-15,17-19,22,28H,5-12H2,1-4H3,(H,25,29). The Balaban J connectivity index is 1.41. The molecule has 0 spiro atoms. The van der Waals surface area contributed by atoms with Gasteiger partial charge in [-0.05, 0) is 50.3 Å². The van der Waals surface area contributed by atoms with Crippen LogP contribution in [0.5, 0.6) is 17.2 Å². The van der Waals surface area contributed by atoms with E-state index in [9.17, 15) is 9.90 Å². The van der Waals surface area contributed by atoms with E-state index in [0.29, 0.717) is 29.3 Å². The van der Waals surface area contributed by atoms with E-state index in [-0.39, 0.29) is 18.1 Å². The Hall–Kier alpha value is -2.19. The van der Waals surface area contributed by atoms with E-state index in [2.05, 4.69) is 15.1 Å². The van der Waals surface area contributed by atoms with Gasteiger partial charge in [0.2, 0.25) is 5.75 Å². The number of nitrogens with zero attached hydrogens (tertiary/aromatic N) is 2. The van der Waals surface area contributed by atoms with Gasteiger partial charge in [-0.2, -0.15) is 0 Å². The number of hydrogen-bond acceptors (Lipinski definition) is 6. The Morgan fingerprint density at radius 3 is 2.22 bits per heavy atom. The van der Waals surface area contributed by atoms with Gasteiger partial charge < -0.3 is 29.5 Å². The molecule has 178 valence electrons. The number of hydrogen-bond donors (Lipinski definition) is 2. The largest absolute Gasteiger partial charge is 0.493 e. The van der Waals surface area contributed by atoms with Crippen molar-refractivity contribution < 1.29 is 24.1 Å². The molecule has 3 fully saturated rings.